The van der Waals surface area contributed by atoms with Crippen molar-refractivity contribution >= 4 is 21.8 Å². The summed E-state index contributed by atoms with van der Waals surface area (Å²) in [7, 11) is 0. The Kier molecular flexibility index (Phi) is 4.21. The van der Waals surface area contributed by atoms with Crippen molar-refractivity contribution < 1.29 is 9.34 Å². The average Bonchev–Trinajstić information content (AvgIpc) is 3.28. The molecular weight excluding hydrogens is 416 g/mol. The molecule has 0 atom stereocenters. The molecule has 27 heavy (non-hydrogen) atoms. The van der Waals surface area contributed by atoms with Crippen LogP contribution in [0.25, 0.3) is 23.0 Å². The molecule has 0 N–H and O–H groups in total. The fraction of sp³-hybridized carbons (Fsp3) is 0. The van der Waals surface area contributed by atoms with Gasteiger partial charge >= 0.3 is 11.6 Å². The highest BCUT2D eigenvalue weighted by molar-refractivity contribution is 9.10. The second-order valence-electron chi connectivity index (χ2n) is 5.56. The molecule has 0 fully saturated rings. The number of aromatic nitrogens is 3. The first kappa shape index (κ1) is 17.0. The number of furan rings is 1. The van der Waals surface area contributed by atoms with Crippen LogP contribution >= 0.6 is 15.9 Å². The molecule has 2 aromatic carbocycles. The van der Waals surface area contributed by atoms with E-state index >= 15 is 0 Å². The van der Waals surface area contributed by atoms with E-state index in [0.29, 0.717) is 11.4 Å². The van der Waals surface area contributed by atoms with Crippen molar-refractivity contribution in [2.45, 2.75) is 0 Å². The summed E-state index contributed by atoms with van der Waals surface area (Å²) in [5.74, 6) is -0.134. The van der Waals surface area contributed by atoms with Crippen LogP contribution in [0.15, 0.2) is 80.4 Å². The maximum Gasteiger partial charge on any atom is 0.433 e. The molecule has 0 saturated carbocycles. The van der Waals surface area contributed by atoms with Gasteiger partial charge in [0, 0.05) is 4.47 Å². The van der Waals surface area contributed by atoms with E-state index in [-0.39, 0.29) is 11.6 Å². The molecule has 4 aromatic rings. The second-order valence-corrected chi connectivity index (χ2v) is 6.48. The van der Waals surface area contributed by atoms with Gasteiger partial charge < -0.3 is 4.42 Å². The monoisotopic (exact) mass is 426 g/mol. The van der Waals surface area contributed by atoms with Crippen LogP contribution in [0.5, 0.6) is 0 Å². The highest BCUT2D eigenvalue weighted by Gasteiger charge is 2.22. The van der Waals surface area contributed by atoms with Gasteiger partial charge in [0.25, 0.3) is 0 Å². The largest absolute Gasteiger partial charge is 0.433 e. The van der Waals surface area contributed by atoms with Crippen LogP contribution < -0.4 is 5.69 Å². The number of hydrogen-bond acceptors (Lipinski definition) is 5. The number of hydrogen-bond donors (Lipinski definition) is 0. The summed E-state index contributed by atoms with van der Waals surface area (Å²) in [6, 6.07) is 18.6. The lowest BCUT2D eigenvalue weighted by Gasteiger charge is -2.03. The molecule has 2 heterocycles. The van der Waals surface area contributed by atoms with Crippen LogP contribution in [-0.2, 0) is 0 Å². The Morgan fingerprint density at radius 2 is 1.67 bits per heavy atom. The van der Waals surface area contributed by atoms with Gasteiger partial charge in [0.2, 0.25) is 5.82 Å². The lowest BCUT2D eigenvalue weighted by Crippen LogP contribution is -2.22. The molecule has 0 aliphatic heterocycles. The lowest BCUT2D eigenvalue weighted by atomic mass is 10.3. The minimum absolute atomic E-state index is 0.122. The molecule has 134 valence electrons. The van der Waals surface area contributed by atoms with Crippen molar-refractivity contribution in [3.8, 4) is 23.0 Å². The van der Waals surface area contributed by atoms with Crippen LogP contribution in [0, 0.1) is 10.1 Å². The summed E-state index contributed by atoms with van der Waals surface area (Å²) in [5, 5.41) is 15.3. The van der Waals surface area contributed by atoms with E-state index < -0.39 is 16.5 Å². The number of benzene rings is 2. The van der Waals surface area contributed by atoms with Crippen molar-refractivity contribution in [3.05, 3.63) is 91.8 Å². The topological polar surface area (TPSA) is 96.1 Å². The SMILES string of the molecule is O=c1n(-c2ccccc2)nc(-c2ccc([N+](=O)[O-])o2)n1-c1ccc(Br)cc1. The van der Waals surface area contributed by atoms with E-state index in [4.69, 9.17) is 4.42 Å². The van der Waals surface area contributed by atoms with E-state index in [2.05, 4.69) is 21.0 Å². The Balaban J connectivity index is 1.97. The van der Waals surface area contributed by atoms with Crippen LogP contribution in [0.1, 0.15) is 0 Å². The van der Waals surface area contributed by atoms with Crippen LogP contribution in [0.4, 0.5) is 5.88 Å². The van der Waals surface area contributed by atoms with Crippen molar-refractivity contribution in [1.29, 1.82) is 0 Å². The third-order valence-corrected chi connectivity index (χ3v) is 4.39. The number of para-hydroxylation sites is 1. The fourth-order valence-electron chi connectivity index (χ4n) is 2.63. The summed E-state index contributed by atoms with van der Waals surface area (Å²) in [6.07, 6.45) is 0. The van der Waals surface area contributed by atoms with Crippen molar-refractivity contribution in [3.63, 3.8) is 0 Å². The maximum absolute atomic E-state index is 13.1. The first-order valence-corrected chi connectivity index (χ1v) is 8.62. The molecule has 0 bridgehead atoms. The van der Waals surface area contributed by atoms with Crippen molar-refractivity contribution in [2.75, 3.05) is 0 Å². The summed E-state index contributed by atoms with van der Waals surface area (Å²) in [5.41, 5.74) is 0.706. The van der Waals surface area contributed by atoms with Gasteiger partial charge in [0.15, 0.2) is 5.76 Å². The molecule has 0 unspecified atom stereocenters. The summed E-state index contributed by atoms with van der Waals surface area (Å²) in [6.45, 7) is 0. The Morgan fingerprint density at radius 3 is 2.30 bits per heavy atom. The lowest BCUT2D eigenvalue weighted by molar-refractivity contribution is -0.401. The van der Waals surface area contributed by atoms with E-state index in [1.54, 1.807) is 48.5 Å². The van der Waals surface area contributed by atoms with Gasteiger partial charge in [-0.25, -0.2) is 9.36 Å². The van der Waals surface area contributed by atoms with E-state index in [1.807, 2.05) is 6.07 Å². The van der Waals surface area contributed by atoms with Gasteiger partial charge in [0.05, 0.1) is 17.4 Å². The third kappa shape index (κ3) is 3.08. The van der Waals surface area contributed by atoms with Gasteiger partial charge in [-0.3, -0.25) is 10.1 Å². The molecule has 2 aromatic heterocycles. The van der Waals surface area contributed by atoms with Crippen LogP contribution in [-0.4, -0.2) is 19.3 Å². The van der Waals surface area contributed by atoms with Gasteiger partial charge in [0.1, 0.15) is 4.92 Å². The first-order chi connectivity index (χ1) is 13.0. The molecular formula is C18H11BrN4O4. The zero-order chi connectivity index (χ0) is 19.0. The normalized spacial score (nSPS) is 10.9. The minimum Gasteiger partial charge on any atom is -0.397 e. The maximum atomic E-state index is 13.1. The minimum atomic E-state index is -0.639. The second kappa shape index (κ2) is 6.69. The Bertz CT molecular complexity index is 1180. The molecule has 4 rings (SSSR count). The molecule has 0 radical (unpaired) electrons. The van der Waals surface area contributed by atoms with Gasteiger partial charge in [-0.2, -0.15) is 4.68 Å². The van der Waals surface area contributed by atoms with E-state index in [9.17, 15) is 14.9 Å². The highest BCUT2D eigenvalue weighted by Crippen LogP contribution is 2.26. The summed E-state index contributed by atoms with van der Waals surface area (Å²) >= 11 is 3.36. The van der Waals surface area contributed by atoms with Crippen LogP contribution in [0.2, 0.25) is 0 Å². The van der Waals surface area contributed by atoms with E-state index in [0.717, 1.165) is 4.47 Å². The Hall–Kier alpha value is -3.46. The first-order valence-electron chi connectivity index (χ1n) is 7.82. The van der Waals surface area contributed by atoms with Crippen LogP contribution in [0.3, 0.4) is 0 Å². The molecule has 0 aliphatic rings. The molecule has 0 amide bonds. The van der Waals surface area contributed by atoms with Crippen molar-refractivity contribution in [1.82, 2.24) is 14.3 Å². The molecule has 8 nitrogen and oxygen atoms in total. The van der Waals surface area contributed by atoms with Gasteiger partial charge in [-0.05, 0) is 42.5 Å². The zero-order valence-electron chi connectivity index (χ0n) is 13.7. The predicted molar refractivity (Wildman–Crippen MR) is 101 cm³/mol. The predicted octanol–water partition coefficient (Wildman–Crippen LogP) is 3.95. The standard InChI is InChI=1S/C18H11BrN4O4/c19-12-6-8-13(9-7-12)21-17(15-10-11-16(27-15)23(25)26)20-22(18(21)24)14-4-2-1-3-5-14/h1-11H. The molecule has 9 heteroatoms. The fourth-order valence-corrected chi connectivity index (χ4v) is 2.90. The zero-order valence-corrected chi connectivity index (χ0v) is 15.2. The number of nitrogens with zero attached hydrogens (tertiary/aromatic N) is 4. The Labute approximate surface area is 160 Å². The smallest absolute Gasteiger partial charge is 0.397 e. The van der Waals surface area contributed by atoms with E-state index in [1.165, 1.54) is 21.4 Å². The summed E-state index contributed by atoms with van der Waals surface area (Å²) in [4.78, 5) is 23.4. The molecule has 0 aliphatic carbocycles. The summed E-state index contributed by atoms with van der Waals surface area (Å²) < 4.78 is 8.71. The van der Waals surface area contributed by atoms with Gasteiger partial charge in [-0.15, -0.1) is 5.10 Å². The highest BCUT2D eigenvalue weighted by atomic mass is 79.9. The molecule has 0 spiro atoms. The van der Waals surface area contributed by atoms with Gasteiger partial charge in [-0.1, -0.05) is 34.1 Å². The quantitative estimate of drug-likeness (QED) is 0.363. The number of nitro groups is 1. The number of rotatable bonds is 4. The number of halogens is 1. The average molecular weight is 427 g/mol. The van der Waals surface area contributed by atoms with Crippen molar-refractivity contribution in [2.24, 2.45) is 0 Å². The molecule has 0 saturated heterocycles. The third-order valence-electron chi connectivity index (χ3n) is 3.86. The Morgan fingerprint density at radius 1 is 0.963 bits per heavy atom.